The molecule has 3 aliphatic heterocycles. The SMILES string of the molecule is Cc1noc(C)c1CCCNC(=O)CCC[C@@H]1[C@H]2CCCN3CCC[C@@H](CN1C)[C@@H]23. The molecule has 6 nitrogen and oxygen atoms in total. The molecule has 0 radical (unpaired) electrons. The van der Waals surface area contributed by atoms with Gasteiger partial charge in [0.05, 0.1) is 5.69 Å². The zero-order chi connectivity index (χ0) is 21.1. The van der Waals surface area contributed by atoms with Crippen molar-refractivity contribution in [1.82, 2.24) is 20.3 Å². The van der Waals surface area contributed by atoms with Crippen molar-refractivity contribution in [2.45, 2.75) is 83.7 Å². The molecule has 0 bridgehead atoms. The van der Waals surface area contributed by atoms with Crippen LogP contribution in [0.1, 0.15) is 68.4 Å². The number of nitrogens with one attached hydrogen (secondary N) is 1. The van der Waals surface area contributed by atoms with Crippen LogP contribution < -0.4 is 5.32 Å². The summed E-state index contributed by atoms with van der Waals surface area (Å²) in [6.45, 7) is 8.53. The lowest BCUT2D eigenvalue weighted by molar-refractivity contribution is -0.121. The third kappa shape index (κ3) is 4.75. The second kappa shape index (κ2) is 9.82. The van der Waals surface area contributed by atoms with E-state index >= 15 is 0 Å². The molecule has 1 aromatic rings. The minimum Gasteiger partial charge on any atom is -0.361 e. The van der Waals surface area contributed by atoms with Crippen molar-refractivity contribution in [3.8, 4) is 0 Å². The summed E-state index contributed by atoms with van der Waals surface area (Å²) < 4.78 is 5.21. The van der Waals surface area contributed by atoms with Gasteiger partial charge in [-0.25, -0.2) is 0 Å². The molecule has 0 aliphatic carbocycles. The first kappa shape index (κ1) is 21.8. The zero-order valence-corrected chi connectivity index (χ0v) is 19.2. The number of hydrogen-bond acceptors (Lipinski definition) is 5. The van der Waals surface area contributed by atoms with E-state index in [1.807, 2.05) is 13.8 Å². The predicted octanol–water partition coefficient (Wildman–Crippen LogP) is 3.32. The number of hydrogen-bond donors (Lipinski definition) is 1. The van der Waals surface area contributed by atoms with Gasteiger partial charge < -0.3 is 14.7 Å². The summed E-state index contributed by atoms with van der Waals surface area (Å²) in [6, 6.07) is 1.46. The van der Waals surface area contributed by atoms with Crippen LogP contribution in [0.25, 0.3) is 0 Å². The van der Waals surface area contributed by atoms with Crippen LogP contribution in [0.15, 0.2) is 4.52 Å². The first-order valence-electron chi connectivity index (χ1n) is 12.2. The van der Waals surface area contributed by atoms with Crippen LogP contribution in [0, 0.1) is 25.7 Å². The maximum Gasteiger partial charge on any atom is 0.219 e. The highest BCUT2D eigenvalue weighted by Gasteiger charge is 2.47. The van der Waals surface area contributed by atoms with E-state index < -0.39 is 0 Å². The standard InChI is InChI=1S/C24H40N4O2/c1-17-20(18(2)30-26-17)9-5-13-25-23(29)12-4-11-22-21-10-7-15-28-14-6-8-19(24(21)28)16-27(22)3/h19,21-22,24H,4-16H2,1-3H3,(H,25,29)/t19-,21+,22+,24-/m0/s1. The third-order valence-corrected chi connectivity index (χ3v) is 7.94. The fourth-order valence-electron chi connectivity index (χ4n) is 6.55. The Morgan fingerprint density at radius 2 is 2.00 bits per heavy atom. The molecule has 168 valence electrons. The molecule has 0 unspecified atom stereocenters. The predicted molar refractivity (Wildman–Crippen MR) is 118 cm³/mol. The lowest BCUT2D eigenvalue weighted by Gasteiger charge is -2.57. The van der Waals surface area contributed by atoms with E-state index in [0.29, 0.717) is 12.5 Å². The van der Waals surface area contributed by atoms with Gasteiger partial charge in [-0.2, -0.15) is 0 Å². The molecule has 0 aromatic carbocycles. The largest absolute Gasteiger partial charge is 0.361 e. The lowest BCUT2D eigenvalue weighted by Crippen LogP contribution is -2.63. The second-order valence-corrected chi connectivity index (χ2v) is 9.89. The summed E-state index contributed by atoms with van der Waals surface area (Å²) >= 11 is 0. The molecule has 1 amide bonds. The summed E-state index contributed by atoms with van der Waals surface area (Å²) in [6.07, 6.45) is 10.2. The van der Waals surface area contributed by atoms with Gasteiger partial charge >= 0.3 is 0 Å². The first-order valence-corrected chi connectivity index (χ1v) is 12.2. The quantitative estimate of drug-likeness (QED) is 0.659. The fourth-order valence-corrected chi connectivity index (χ4v) is 6.55. The van der Waals surface area contributed by atoms with Crippen molar-refractivity contribution in [3.05, 3.63) is 17.0 Å². The van der Waals surface area contributed by atoms with E-state index in [4.69, 9.17) is 4.52 Å². The van der Waals surface area contributed by atoms with Crippen LogP contribution in [0.5, 0.6) is 0 Å². The summed E-state index contributed by atoms with van der Waals surface area (Å²) in [5.74, 6) is 2.78. The highest BCUT2D eigenvalue weighted by atomic mass is 16.5. The Morgan fingerprint density at radius 3 is 2.77 bits per heavy atom. The van der Waals surface area contributed by atoms with Gasteiger partial charge in [0.1, 0.15) is 5.76 Å². The molecule has 3 saturated heterocycles. The highest BCUT2D eigenvalue weighted by Crippen LogP contribution is 2.42. The average molecular weight is 417 g/mol. The van der Waals surface area contributed by atoms with Crippen molar-refractivity contribution in [2.75, 3.05) is 33.2 Å². The number of carbonyl (C=O) groups excluding carboxylic acids is 1. The Kier molecular flexibility index (Phi) is 7.14. The number of carbonyl (C=O) groups is 1. The van der Waals surface area contributed by atoms with Crippen molar-refractivity contribution < 1.29 is 9.32 Å². The van der Waals surface area contributed by atoms with Gasteiger partial charge in [0.15, 0.2) is 0 Å². The van der Waals surface area contributed by atoms with Gasteiger partial charge in [-0.05, 0) is 97.2 Å². The lowest BCUT2D eigenvalue weighted by atomic mass is 9.69. The number of aryl methyl sites for hydroxylation is 2. The van der Waals surface area contributed by atoms with Crippen LogP contribution in [0.3, 0.4) is 0 Å². The van der Waals surface area contributed by atoms with Crippen molar-refractivity contribution in [1.29, 1.82) is 0 Å². The van der Waals surface area contributed by atoms with Gasteiger partial charge in [-0.1, -0.05) is 5.16 Å². The summed E-state index contributed by atoms with van der Waals surface area (Å²) in [4.78, 5) is 17.8. The van der Waals surface area contributed by atoms with Gasteiger partial charge in [0.2, 0.25) is 5.91 Å². The maximum absolute atomic E-state index is 12.3. The molecule has 4 rings (SSSR count). The van der Waals surface area contributed by atoms with E-state index in [2.05, 4.69) is 27.3 Å². The molecule has 30 heavy (non-hydrogen) atoms. The van der Waals surface area contributed by atoms with Crippen molar-refractivity contribution in [3.63, 3.8) is 0 Å². The molecule has 4 atom stereocenters. The first-order chi connectivity index (χ1) is 14.5. The molecule has 0 saturated carbocycles. The minimum absolute atomic E-state index is 0.202. The molecule has 1 N–H and O–H groups in total. The van der Waals surface area contributed by atoms with Crippen molar-refractivity contribution >= 4 is 5.91 Å². The molecule has 1 aromatic heterocycles. The van der Waals surface area contributed by atoms with Crippen LogP contribution in [-0.2, 0) is 11.2 Å². The number of aromatic nitrogens is 1. The molecule has 3 aliphatic rings. The van der Waals surface area contributed by atoms with E-state index in [1.165, 1.54) is 50.9 Å². The third-order valence-electron chi connectivity index (χ3n) is 7.94. The van der Waals surface area contributed by atoms with Crippen LogP contribution in [0.2, 0.25) is 0 Å². The van der Waals surface area contributed by atoms with Crippen LogP contribution >= 0.6 is 0 Å². The Morgan fingerprint density at radius 1 is 1.20 bits per heavy atom. The van der Waals surface area contributed by atoms with Gasteiger partial charge in [-0.3, -0.25) is 9.69 Å². The molecule has 3 fully saturated rings. The smallest absolute Gasteiger partial charge is 0.219 e. The number of likely N-dealkylation sites (tertiary alicyclic amines) is 1. The monoisotopic (exact) mass is 416 g/mol. The normalized spacial score (nSPS) is 29.6. The fraction of sp³-hybridized carbons (Fsp3) is 0.833. The Bertz CT molecular complexity index is 697. The average Bonchev–Trinajstić information content (AvgIpc) is 3.05. The van der Waals surface area contributed by atoms with Gasteiger partial charge in [0, 0.05) is 37.2 Å². The number of amides is 1. The minimum atomic E-state index is 0.202. The maximum atomic E-state index is 12.3. The van der Waals surface area contributed by atoms with E-state index in [1.54, 1.807) is 0 Å². The molecule has 4 heterocycles. The van der Waals surface area contributed by atoms with E-state index in [-0.39, 0.29) is 5.91 Å². The van der Waals surface area contributed by atoms with E-state index in [0.717, 1.165) is 61.6 Å². The number of piperidine rings is 3. The molecule has 6 heteroatoms. The second-order valence-electron chi connectivity index (χ2n) is 9.89. The summed E-state index contributed by atoms with van der Waals surface area (Å²) in [7, 11) is 2.32. The van der Waals surface area contributed by atoms with Crippen molar-refractivity contribution in [2.24, 2.45) is 11.8 Å². The molecule has 0 spiro atoms. The van der Waals surface area contributed by atoms with Crippen LogP contribution in [-0.4, -0.2) is 66.2 Å². The highest BCUT2D eigenvalue weighted by molar-refractivity contribution is 5.75. The van der Waals surface area contributed by atoms with Gasteiger partial charge in [0.25, 0.3) is 0 Å². The Balaban J connectivity index is 1.18. The summed E-state index contributed by atoms with van der Waals surface area (Å²) in [5, 5.41) is 7.11. The topological polar surface area (TPSA) is 61.6 Å². The summed E-state index contributed by atoms with van der Waals surface area (Å²) in [5.41, 5.74) is 2.16. The molecular weight excluding hydrogens is 376 g/mol. The van der Waals surface area contributed by atoms with Gasteiger partial charge in [-0.15, -0.1) is 0 Å². The Labute approximate surface area is 181 Å². The zero-order valence-electron chi connectivity index (χ0n) is 19.2. The number of nitrogens with zero attached hydrogens (tertiary/aromatic N) is 3. The number of rotatable bonds is 8. The van der Waals surface area contributed by atoms with Crippen LogP contribution in [0.4, 0.5) is 0 Å². The molecular formula is C24H40N4O2. The van der Waals surface area contributed by atoms with E-state index in [9.17, 15) is 4.79 Å². The Hall–Kier alpha value is -1.40.